The summed E-state index contributed by atoms with van der Waals surface area (Å²) in [6, 6.07) is 0. The van der Waals surface area contributed by atoms with Crippen LogP contribution in [0.4, 0.5) is 0 Å². The quantitative estimate of drug-likeness (QED) is 0.0345. The molecule has 0 N–H and O–H groups in total. The van der Waals surface area contributed by atoms with E-state index in [0.717, 1.165) is 96.4 Å². The maximum atomic E-state index is 12.6. The van der Waals surface area contributed by atoms with E-state index < -0.39 is 0 Å². The molecule has 0 atom stereocenters. The van der Waals surface area contributed by atoms with Crippen LogP contribution in [0.1, 0.15) is 240 Å². The normalized spacial score (nSPS) is 11.7. The molecule has 0 saturated carbocycles. The summed E-state index contributed by atoms with van der Waals surface area (Å²) in [6.07, 6.45) is 36.8. The van der Waals surface area contributed by atoms with E-state index in [4.69, 9.17) is 14.2 Å². The zero-order chi connectivity index (χ0) is 41.3. The Hall–Kier alpha value is -1.63. The number of hydrogen-bond acceptors (Lipinski definition) is 7. The molecule has 332 valence electrons. The molecule has 0 saturated heterocycles. The highest BCUT2D eigenvalue weighted by molar-refractivity contribution is 5.70. The Balaban J connectivity index is 4.35. The highest BCUT2D eigenvalue weighted by atomic mass is 16.5. The molecule has 7 heteroatoms. The number of nitrogens with zero attached hydrogens (tertiary/aromatic N) is 1. The van der Waals surface area contributed by atoms with Crippen LogP contribution in [0.15, 0.2) is 0 Å². The first-order chi connectivity index (χ1) is 27.2. The Bertz CT molecular complexity index is 803. The topological polar surface area (TPSA) is 82.1 Å². The van der Waals surface area contributed by atoms with Gasteiger partial charge in [0.2, 0.25) is 0 Å². The van der Waals surface area contributed by atoms with Crippen LogP contribution < -0.4 is 0 Å². The van der Waals surface area contributed by atoms with E-state index in [0.29, 0.717) is 56.8 Å². The second-order valence-electron chi connectivity index (χ2n) is 17.4. The van der Waals surface area contributed by atoms with Crippen molar-refractivity contribution >= 4 is 17.9 Å². The number of ether oxygens (including phenoxy) is 3. The molecule has 0 aliphatic carbocycles. The zero-order valence-corrected chi connectivity index (χ0v) is 38.3. The summed E-state index contributed by atoms with van der Waals surface area (Å²) >= 11 is 0. The Morgan fingerprint density at radius 3 is 1.07 bits per heavy atom. The Labute approximate surface area is 348 Å². The van der Waals surface area contributed by atoms with Crippen molar-refractivity contribution in [2.24, 2.45) is 17.8 Å². The number of esters is 3. The molecular formula is C49H95NO6. The van der Waals surface area contributed by atoms with Gasteiger partial charge in [-0.25, -0.2) is 0 Å². The predicted octanol–water partition coefficient (Wildman–Crippen LogP) is 14.0. The fourth-order valence-corrected chi connectivity index (χ4v) is 7.87. The fourth-order valence-electron chi connectivity index (χ4n) is 7.87. The van der Waals surface area contributed by atoms with Gasteiger partial charge in [-0.2, -0.15) is 0 Å². The van der Waals surface area contributed by atoms with Crippen LogP contribution in [0.2, 0.25) is 0 Å². The van der Waals surface area contributed by atoms with Gasteiger partial charge in [0.25, 0.3) is 0 Å². The fraction of sp³-hybridized carbons (Fsp3) is 0.939. The highest BCUT2D eigenvalue weighted by Crippen LogP contribution is 2.24. The average molecular weight is 794 g/mol. The van der Waals surface area contributed by atoms with Gasteiger partial charge in [0.1, 0.15) is 6.61 Å². The zero-order valence-electron chi connectivity index (χ0n) is 38.3. The number of carbonyl (C=O) groups excluding carboxylic acids is 3. The third kappa shape index (κ3) is 37.9. The van der Waals surface area contributed by atoms with Crippen molar-refractivity contribution in [3.8, 4) is 0 Å². The SMILES string of the molecule is CCCCCC(CCCCC)CCOC(=O)CCCCCCCC(CCCCCCCC(=O)OCCC(CCCCC)CCCCC)CC(=O)OCCN(C)C. The standard InChI is InChI=1S/C49H95NO6/c1-7-11-21-29-44(30-22-12-8-2)37-40-54-47(51)35-27-19-15-17-25-33-46(43-49(53)56-42-39-50(5)6)34-26-18-16-20-28-36-48(52)55-41-38-45(31-23-13-9-3)32-24-14-10-4/h44-46H,7-43H2,1-6H3. The molecule has 0 amide bonds. The van der Waals surface area contributed by atoms with E-state index in [1.807, 2.05) is 19.0 Å². The first kappa shape index (κ1) is 54.4. The van der Waals surface area contributed by atoms with Gasteiger partial charge in [0.05, 0.1) is 13.2 Å². The maximum absolute atomic E-state index is 12.6. The molecule has 0 aromatic heterocycles. The van der Waals surface area contributed by atoms with Crippen LogP contribution >= 0.6 is 0 Å². The monoisotopic (exact) mass is 794 g/mol. The van der Waals surface area contributed by atoms with Crippen molar-refractivity contribution in [3.63, 3.8) is 0 Å². The number of rotatable bonds is 43. The molecule has 0 aromatic rings. The van der Waals surface area contributed by atoms with E-state index in [1.165, 1.54) is 103 Å². The molecule has 0 aromatic carbocycles. The van der Waals surface area contributed by atoms with E-state index in [9.17, 15) is 14.4 Å². The molecular weight excluding hydrogens is 699 g/mol. The highest BCUT2D eigenvalue weighted by Gasteiger charge is 2.16. The largest absolute Gasteiger partial charge is 0.466 e. The van der Waals surface area contributed by atoms with Crippen LogP contribution in [-0.4, -0.2) is 63.3 Å². The van der Waals surface area contributed by atoms with Crippen molar-refractivity contribution in [2.75, 3.05) is 40.5 Å². The Morgan fingerprint density at radius 1 is 0.375 bits per heavy atom. The second kappa shape index (κ2) is 41.5. The van der Waals surface area contributed by atoms with Crippen LogP contribution in [0.25, 0.3) is 0 Å². The smallest absolute Gasteiger partial charge is 0.306 e. The van der Waals surface area contributed by atoms with Crippen molar-refractivity contribution in [1.29, 1.82) is 0 Å². The average Bonchev–Trinajstić information content (AvgIpc) is 3.16. The first-order valence-corrected chi connectivity index (χ1v) is 24.4. The lowest BCUT2D eigenvalue weighted by Gasteiger charge is -2.17. The van der Waals surface area contributed by atoms with Gasteiger partial charge in [-0.1, -0.05) is 182 Å². The minimum absolute atomic E-state index is 0.0340. The molecule has 0 fully saturated rings. The van der Waals surface area contributed by atoms with Crippen molar-refractivity contribution in [2.45, 2.75) is 240 Å². The second-order valence-corrected chi connectivity index (χ2v) is 17.4. The molecule has 0 aliphatic heterocycles. The number of hydrogen-bond donors (Lipinski definition) is 0. The van der Waals surface area contributed by atoms with Gasteiger partial charge in [-0.05, 0) is 70.4 Å². The van der Waals surface area contributed by atoms with Gasteiger partial charge >= 0.3 is 17.9 Å². The van der Waals surface area contributed by atoms with Crippen molar-refractivity contribution in [3.05, 3.63) is 0 Å². The van der Waals surface area contributed by atoms with Crippen molar-refractivity contribution in [1.82, 2.24) is 4.90 Å². The summed E-state index contributed by atoms with van der Waals surface area (Å²) < 4.78 is 16.8. The van der Waals surface area contributed by atoms with Crippen LogP contribution in [-0.2, 0) is 28.6 Å². The van der Waals surface area contributed by atoms with Gasteiger partial charge < -0.3 is 19.1 Å². The van der Waals surface area contributed by atoms with Gasteiger partial charge in [-0.15, -0.1) is 0 Å². The molecule has 0 aliphatic rings. The van der Waals surface area contributed by atoms with Gasteiger partial charge in [0, 0.05) is 25.8 Å². The lowest BCUT2D eigenvalue weighted by Crippen LogP contribution is -2.21. The van der Waals surface area contributed by atoms with E-state index >= 15 is 0 Å². The summed E-state index contributed by atoms with van der Waals surface area (Å²) in [4.78, 5) is 39.5. The summed E-state index contributed by atoms with van der Waals surface area (Å²) in [5.74, 6) is 1.60. The van der Waals surface area contributed by atoms with Crippen LogP contribution in [0.5, 0.6) is 0 Å². The lowest BCUT2D eigenvalue weighted by atomic mass is 9.91. The molecule has 0 radical (unpaired) electrons. The van der Waals surface area contributed by atoms with E-state index in [-0.39, 0.29) is 17.9 Å². The molecule has 0 heterocycles. The Kier molecular flexibility index (Phi) is 40.3. The minimum atomic E-state index is -0.0737. The predicted molar refractivity (Wildman–Crippen MR) is 237 cm³/mol. The summed E-state index contributed by atoms with van der Waals surface area (Å²) in [5, 5.41) is 0. The molecule has 56 heavy (non-hydrogen) atoms. The van der Waals surface area contributed by atoms with Crippen LogP contribution in [0.3, 0.4) is 0 Å². The van der Waals surface area contributed by atoms with E-state index in [2.05, 4.69) is 27.7 Å². The summed E-state index contributed by atoms with van der Waals surface area (Å²) in [6.45, 7) is 11.4. The third-order valence-electron chi connectivity index (χ3n) is 11.7. The van der Waals surface area contributed by atoms with E-state index in [1.54, 1.807) is 0 Å². The first-order valence-electron chi connectivity index (χ1n) is 24.4. The lowest BCUT2D eigenvalue weighted by molar-refractivity contribution is -0.145. The Morgan fingerprint density at radius 2 is 0.696 bits per heavy atom. The molecule has 0 spiro atoms. The minimum Gasteiger partial charge on any atom is -0.466 e. The van der Waals surface area contributed by atoms with Gasteiger partial charge in [0.15, 0.2) is 0 Å². The number of unbranched alkanes of at least 4 members (excludes halogenated alkanes) is 16. The molecule has 7 nitrogen and oxygen atoms in total. The maximum Gasteiger partial charge on any atom is 0.306 e. The van der Waals surface area contributed by atoms with Gasteiger partial charge in [-0.3, -0.25) is 14.4 Å². The van der Waals surface area contributed by atoms with Crippen molar-refractivity contribution < 1.29 is 28.6 Å². The molecule has 0 bridgehead atoms. The molecule has 0 unspecified atom stereocenters. The third-order valence-corrected chi connectivity index (χ3v) is 11.7. The summed E-state index contributed by atoms with van der Waals surface area (Å²) in [7, 11) is 3.98. The summed E-state index contributed by atoms with van der Waals surface area (Å²) in [5.41, 5.74) is 0. The van der Waals surface area contributed by atoms with Crippen LogP contribution in [0, 0.1) is 17.8 Å². The number of carbonyl (C=O) groups is 3. The number of likely N-dealkylation sites (N-methyl/N-ethyl adjacent to an activating group) is 1. The molecule has 0 rings (SSSR count).